The second kappa shape index (κ2) is 3.26. The van der Waals surface area contributed by atoms with Gasteiger partial charge in [0, 0.05) is 0 Å². The first-order valence-corrected chi connectivity index (χ1v) is 2.07. The second-order valence-corrected chi connectivity index (χ2v) is 1.33. The molecule has 0 fully saturated rings. The molecule has 0 atom stereocenters. The standard InChI is InChI=1S/C3H2ClN3.FH/c4-3-1-2-5-7-6-3;/h1-2H;1H. The van der Waals surface area contributed by atoms with Gasteiger partial charge in [0.15, 0.2) is 5.15 Å². The van der Waals surface area contributed by atoms with Crippen LogP contribution < -0.4 is 0 Å². The third-order valence-corrected chi connectivity index (χ3v) is 0.672. The van der Waals surface area contributed by atoms with Crippen LogP contribution in [-0.4, -0.2) is 15.4 Å². The summed E-state index contributed by atoms with van der Waals surface area (Å²) < 4.78 is 0. The van der Waals surface area contributed by atoms with Gasteiger partial charge in [-0.2, -0.15) is 0 Å². The van der Waals surface area contributed by atoms with Crippen molar-refractivity contribution in [1.29, 1.82) is 0 Å². The molecule has 1 rings (SSSR count). The summed E-state index contributed by atoms with van der Waals surface area (Å²) in [4.78, 5) is 0. The maximum Gasteiger partial charge on any atom is 0.155 e. The van der Waals surface area contributed by atoms with Crippen LogP contribution in [0, 0.1) is 0 Å². The van der Waals surface area contributed by atoms with Crippen molar-refractivity contribution in [1.82, 2.24) is 15.4 Å². The Morgan fingerprint density at radius 2 is 2.25 bits per heavy atom. The van der Waals surface area contributed by atoms with Gasteiger partial charge < -0.3 is 0 Å². The molecular weight excluding hydrogens is 133 g/mol. The van der Waals surface area contributed by atoms with Crippen molar-refractivity contribution in [3.05, 3.63) is 17.4 Å². The normalized spacial score (nSPS) is 7.62. The minimum atomic E-state index is 0. The molecule has 0 bridgehead atoms. The zero-order chi connectivity index (χ0) is 5.11. The molecule has 0 aliphatic heterocycles. The fourth-order valence-electron chi connectivity index (χ4n) is 0.227. The van der Waals surface area contributed by atoms with Crippen LogP contribution in [0.3, 0.4) is 0 Å². The van der Waals surface area contributed by atoms with Crippen LogP contribution in [0.25, 0.3) is 0 Å². The van der Waals surface area contributed by atoms with E-state index in [9.17, 15) is 0 Å². The SMILES string of the molecule is Clc1ccnnn1.F. The van der Waals surface area contributed by atoms with Crippen molar-refractivity contribution in [2.24, 2.45) is 0 Å². The van der Waals surface area contributed by atoms with Crippen LogP contribution in [0.5, 0.6) is 0 Å². The van der Waals surface area contributed by atoms with Crippen molar-refractivity contribution in [2.75, 3.05) is 0 Å². The molecule has 0 saturated carbocycles. The maximum absolute atomic E-state index is 5.33. The van der Waals surface area contributed by atoms with E-state index in [1.165, 1.54) is 6.20 Å². The van der Waals surface area contributed by atoms with E-state index in [0.717, 1.165) is 0 Å². The Hall–Kier alpha value is -0.770. The minimum Gasteiger partial charge on any atom is -0.269 e. The summed E-state index contributed by atoms with van der Waals surface area (Å²) in [5, 5.41) is 10.4. The lowest BCUT2D eigenvalue weighted by Gasteiger charge is -1.76. The number of halogens is 2. The third-order valence-electron chi connectivity index (χ3n) is 0.471. The highest BCUT2D eigenvalue weighted by molar-refractivity contribution is 6.29. The number of rotatable bonds is 0. The van der Waals surface area contributed by atoms with E-state index in [0.29, 0.717) is 5.15 Å². The van der Waals surface area contributed by atoms with Crippen LogP contribution in [0.4, 0.5) is 4.70 Å². The number of aromatic nitrogens is 3. The Bertz CT molecular complexity index is 144. The Kier molecular flexibility index (Phi) is 2.95. The lowest BCUT2D eigenvalue weighted by atomic mass is 10.7. The van der Waals surface area contributed by atoms with Gasteiger partial charge in [-0.15, -0.1) is 10.2 Å². The third kappa shape index (κ3) is 1.79. The maximum atomic E-state index is 5.33. The first-order chi connectivity index (χ1) is 3.39. The van der Waals surface area contributed by atoms with Gasteiger partial charge in [-0.25, -0.2) is 0 Å². The predicted molar refractivity (Wildman–Crippen MR) is 27.3 cm³/mol. The summed E-state index contributed by atoms with van der Waals surface area (Å²) >= 11 is 5.33. The van der Waals surface area contributed by atoms with E-state index in [1.54, 1.807) is 6.07 Å². The van der Waals surface area contributed by atoms with Gasteiger partial charge in [0.2, 0.25) is 0 Å². The molecule has 0 aromatic carbocycles. The quantitative estimate of drug-likeness (QED) is 0.525. The van der Waals surface area contributed by atoms with Gasteiger partial charge in [0.1, 0.15) is 0 Å². The molecule has 0 aliphatic carbocycles. The summed E-state index contributed by atoms with van der Waals surface area (Å²) in [5.41, 5.74) is 0. The van der Waals surface area contributed by atoms with E-state index < -0.39 is 0 Å². The molecule has 44 valence electrons. The molecule has 1 heterocycles. The fraction of sp³-hybridized carbons (Fsp3) is 0. The molecule has 0 unspecified atom stereocenters. The van der Waals surface area contributed by atoms with E-state index in [2.05, 4.69) is 15.4 Å². The van der Waals surface area contributed by atoms with Gasteiger partial charge in [0.05, 0.1) is 6.20 Å². The molecule has 0 spiro atoms. The largest absolute Gasteiger partial charge is 0.269 e. The highest BCUT2D eigenvalue weighted by atomic mass is 35.5. The molecule has 0 amide bonds. The van der Waals surface area contributed by atoms with Gasteiger partial charge >= 0.3 is 0 Å². The zero-order valence-corrected chi connectivity index (χ0v) is 4.54. The fourth-order valence-corrected chi connectivity index (χ4v) is 0.317. The highest BCUT2D eigenvalue weighted by Crippen LogP contribution is 1.94. The average Bonchev–Trinajstić information content (AvgIpc) is 1.69. The molecule has 5 heteroatoms. The summed E-state index contributed by atoms with van der Waals surface area (Å²) in [6.45, 7) is 0. The van der Waals surface area contributed by atoms with E-state index in [4.69, 9.17) is 11.6 Å². The van der Waals surface area contributed by atoms with Crippen LogP contribution >= 0.6 is 11.6 Å². The van der Waals surface area contributed by atoms with Crippen molar-refractivity contribution < 1.29 is 4.70 Å². The molecule has 0 radical (unpaired) electrons. The summed E-state index contributed by atoms with van der Waals surface area (Å²) in [6, 6.07) is 1.56. The minimum absolute atomic E-state index is 0. The monoisotopic (exact) mass is 135 g/mol. The Morgan fingerprint density at radius 1 is 1.50 bits per heavy atom. The van der Waals surface area contributed by atoms with E-state index in [1.807, 2.05) is 0 Å². The molecule has 0 aliphatic rings. The van der Waals surface area contributed by atoms with Gasteiger partial charge in [0.25, 0.3) is 0 Å². The lowest BCUT2D eigenvalue weighted by molar-refractivity contribution is 0.865. The number of nitrogens with zero attached hydrogens (tertiary/aromatic N) is 3. The first kappa shape index (κ1) is 7.23. The molecule has 1 aromatic rings. The van der Waals surface area contributed by atoms with Crippen molar-refractivity contribution in [2.45, 2.75) is 0 Å². The van der Waals surface area contributed by atoms with Gasteiger partial charge in [-0.05, 0) is 11.3 Å². The van der Waals surface area contributed by atoms with Crippen LogP contribution in [0.1, 0.15) is 0 Å². The topological polar surface area (TPSA) is 38.7 Å². The number of hydrogen-bond acceptors (Lipinski definition) is 3. The molecule has 1 aromatic heterocycles. The number of hydrogen-bond donors (Lipinski definition) is 0. The second-order valence-electron chi connectivity index (χ2n) is 0.943. The smallest absolute Gasteiger partial charge is 0.155 e. The Balaban J connectivity index is 0.000000490. The molecule has 3 nitrogen and oxygen atoms in total. The molecule has 8 heavy (non-hydrogen) atoms. The van der Waals surface area contributed by atoms with Crippen LogP contribution in [0.2, 0.25) is 5.15 Å². The van der Waals surface area contributed by atoms with E-state index >= 15 is 0 Å². The van der Waals surface area contributed by atoms with Crippen LogP contribution in [-0.2, 0) is 0 Å². The van der Waals surface area contributed by atoms with Crippen LogP contribution in [0.15, 0.2) is 12.3 Å². The van der Waals surface area contributed by atoms with E-state index in [-0.39, 0.29) is 4.70 Å². The Morgan fingerprint density at radius 3 is 2.50 bits per heavy atom. The predicted octanol–water partition coefficient (Wildman–Crippen LogP) is 0.677. The Labute approximate surface area is 50.1 Å². The molecular formula is C3H3ClFN3. The van der Waals surface area contributed by atoms with Crippen molar-refractivity contribution >= 4 is 11.6 Å². The average molecular weight is 136 g/mol. The highest BCUT2D eigenvalue weighted by Gasteiger charge is 1.79. The molecule has 0 saturated heterocycles. The summed E-state index contributed by atoms with van der Waals surface area (Å²) in [7, 11) is 0. The van der Waals surface area contributed by atoms with Crippen molar-refractivity contribution in [3.8, 4) is 0 Å². The van der Waals surface area contributed by atoms with Gasteiger partial charge in [-0.3, -0.25) is 4.70 Å². The molecule has 0 N–H and O–H groups in total. The lowest BCUT2D eigenvalue weighted by Crippen LogP contribution is -1.81. The van der Waals surface area contributed by atoms with Crippen molar-refractivity contribution in [3.63, 3.8) is 0 Å². The summed E-state index contributed by atoms with van der Waals surface area (Å²) in [5.74, 6) is 0. The summed E-state index contributed by atoms with van der Waals surface area (Å²) in [6.07, 6.45) is 1.48. The first-order valence-electron chi connectivity index (χ1n) is 1.69. The van der Waals surface area contributed by atoms with Gasteiger partial charge in [-0.1, -0.05) is 11.6 Å². The zero-order valence-electron chi connectivity index (χ0n) is 3.78.